The van der Waals surface area contributed by atoms with Crippen LogP contribution in [0, 0.1) is 0 Å². The molecular weight excluding hydrogens is 138 g/mol. The average molecular weight is 147 g/mol. The SMILES string of the molecule is C=C=C(N=CC=C)C(=O)C=C. The van der Waals surface area contributed by atoms with Crippen molar-refractivity contribution in [1.29, 1.82) is 0 Å². The molecule has 0 aromatic heterocycles. The Balaban J connectivity index is 4.57. The molecule has 0 spiro atoms. The van der Waals surface area contributed by atoms with Gasteiger partial charge in [0.15, 0.2) is 5.70 Å². The zero-order chi connectivity index (χ0) is 8.69. The van der Waals surface area contributed by atoms with Gasteiger partial charge in [0.05, 0.1) is 0 Å². The van der Waals surface area contributed by atoms with Crippen LogP contribution in [0.15, 0.2) is 48.3 Å². The molecule has 0 fully saturated rings. The number of nitrogens with zero attached hydrogens (tertiary/aromatic N) is 1. The predicted molar refractivity (Wildman–Crippen MR) is 46.5 cm³/mol. The Morgan fingerprint density at radius 1 is 1.45 bits per heavy atom. The Bertz CT molecular complexity index is 255. The van der Waals surface area contributed by atoms with Gasteiger partial charge in [0.1, 0.15) is 0 Å². The molecule has 0 rings (SSSR count). The van der Waals surface area contributed by atoms with Crippen molar-refractivity contribution in [3.05, 3.63) is 43.3 Å². The third kappa shape index (κ3) is 3.14. The van der Waals surface area contributed by atoms with E-state index >= 15 is 0 Å². The second-order valence-corrected chi connectivity index (χ2v) is 1.61. The van der Waals surface area contributed by atoms with Crippen LogP contribution >= 0.6 is 0 Å². The highest BCUT2D eigenvalue weighted by Crippen LogP contribution is 1.95. The van der Waals surface area contributed by atoms with Gasteiger partial charge in [-0.05, 0) is 6.08 Å². The van der Waals surface area contributed by atoms with Crippen molar-refractivity contribution in [3.63, 3.8) is 0 Å². The second-order valence-electron chi connectivity index (χ2n) is 1.61. The first-order valence-electron chi connectivity index (χ1n) is 2.98. The molecular formula is C9H9NO. The number of hydrogen-bond donors (Lipinski definition) is 0. The van der Waals surface area contributed by atoms with Gasteiger partial charge in [-0.15, -0.1) is 0 Å². The number of allylic oxidation sites excluding steroid dienone is 2. The normalized spacial score (nSPS) is 8.73. The van der Waals surface area contributed by atoms with Gasteiger partial charge >= 0.3 is 0 Å². The topological polar surface area (TPSA) is 29.4 Å². The summed E-state index contributed by atoms with van der Waals surface area (Å²) in [5.41, 5.74) is 2.54. The molecule has 0 unspecified atom stereocenters. The zero-order valence-corrected chi connectivity index (χ0v) is 6.21. The molecule has 0 heterocycles. The van der Waals surface area contributed by atoms with Gasteiger partial charge in [0.2, 0.25) is 5.78 Å². The number of aliphatic imine (C=N–C) groups is 1. The smallest absolute Gasteiger partial charge is 0.211 e. The molecule has 0 aliphatic heterocycles. The molecule has 2 heteroatoms. The first kappa shape index (κ1) is 9.34. The van der Waals surface area contributed by atoms with Crippen LogP contribution in [0.5, 0.6) is 0 Å². The van der Waals surface area contributed by atoms with Crippen LogP contribution in [0.4, 0.5) is 0 Å². The Labute approximate surface area is 66.0 Å². The van der Waals surface area contributed by atoms with E-state index in [1.807, 2.05) is 0 Å². The van der Waals surface area contributed by atoms with Gasteiger partial charge in [0.25, 0.3) is 0 Å². The third-order valence-electron chi connectivity index (χ3n) is 0.895. The number of ketones is 1. The van der Waals surface area contributed by atoms with Crippen molar-refractivity contribution < 1.29 is 4.79 Å². The first-order valence-corrected chi connectivity index (χ1v) is 2.98. The Kier molecular flexibility index (Phi) is 4.37. The van der Waals surface area contributed by atoms with Gasteiger partial charge in [-0.1, -0.05) is 31.5 Å². The van der Waals surface area contributed by atoms with Crippen LogP contribution in [0.25, 0.3) is 0 Å². The molecule has 0 atom stereocenters. The minimum absolute atomic E-state index is 0.153. The fourth-order valence-electron chi connectivity index (χ4n) is 0.420. The molecule has 0 N–H and O–H groups in total. The summed E-state index contributed by atoms with van der Waals surface area (Å²) in [5.74, 6) is -0.293. The molecule has 0 saturated carbocycles. The van der Waals surface area contributed by atoms with Gasteiger partial charge in [-0.2, -0.15) is 0 Å². The maximum Gasteiger partial charge on any atom is 0.211 e. The van der Waals surface area contributed by atoms with E-state index in [9.17, 15) is 4.79 Å². The maximum atomic E-state index is 10.8. The zero-order valence-electron chi connectivity index (χ0n) is 6.21. The number of hydrogen-bond acceptors (Lipinski definition) is 2. The van der Waals surface area contributed by atoms with E-state index in [1.165, 1.54) is 12.3 Å². The molecule has 0 aliphatic carbocycles. The van der Waals surface area contributed by atoms with Crippen molar-refractivity contribution in [1.82, 2.24) is 0 Å². The third-order valence-corrected chi connectivity index (χ3v) is 0.895. The summed E-state index contributed by atoms with van der Waals surface area (Å²) in [6.45, 7) is 10.0. The highest BCUT2D eigenvalue weighted by molar-refractivity contribution is 6.04. The van der Waals surface area contributed by atoms with Gasteiger partial charge in [0, 0.05) is 6.21 Å². The lowest BCUT2D eigenvalue weighted by molar-refractivity contribution is -0.111. The monoisotopic (exact) mass is 147 g/mol. The van der Waals surface area contributed by atoms with Crippen LogP contribution < -0.4 is 0 Å². The summed E-state index contributed by atoms with van der Waals surface area (Å²) < 4.78 is 0. The minimum Gasteiger partial charge on any atom is -0.287 e. The molecule has 0 radical (unpaired) electrons. The minimum atomic E-state index is -0.293. The second kappa shape index (κ2) is 5.15. The number of rotatable bonds is 4. The Morgan fingerprint density at radius 2 is 2.09 bits per heavy atom. The van der Waals surface area contributed by atoms with Crippen LogP contribution in [0.3, 0.4) is 0 Å². The van der Waals surface area contributed by atoms with Crippen molar-refractivity contribution in [2.45, 2.75) is 0 Å². The lowest BCUT2D eigenvalue weighted by Crippen LogP contribution is -1.93. The van der Waals surface area contributed by atoms with Crippen LogP contribution in [-0.2, 0) is 4.79 Å². The van der Waals surface area contributed by atoms with Gasteiger partial charge in [-0.3, -0.25) is 4.79 Å². The Morgan fingerprint density at radius 3 is 2.45 bits per heavy atom. The summed E-state index contributed by atoms with van der Waals surface area (Å²) in [7, 11) is 0. The fraction of sp³-hybridized carbons (Fsp3) is 0. The van der Waals surface area contributed by atoms with Crippen molar-refractivity contribution in [2.24, 2.45) is 4.99 Å². The fourth-order valence-corrected chi connectivity index (χ4v) is 0.420. The number of carbonyl (C=O) groups is 1. The molecule has 56 valence electrons. The van der Waals surface area contributed by atoms with E-state index in [-0.39, 0.29) is 11.5 Å². The molecule has 2 nitrogen and oxygen atoms in total. The standard InChI is InChI=1S/C9H9NO/c1-4-7-10-8(5-2)9(11)6-3/h4,6-7H,1-3H2. The van der Waals surface area contributed by atoms with Crippen molar-refractivity contribution in [3.8, 4) is 0 Å². The molecule has 0 bridgehead atoms. The molecule has 0 aromatic carbocycles. The van der Waals surface area contributed by atoms with E-state index in [2.05, 4.69) is 30.5 Å². The lowest BCUT2D eigenvalue weighted by atomic mass is 10.3. The predicted octanol–water partition coefficient (Wildman–Crippen LogP) is 1.67. The average Bonchev–Trinajstić information content (AvgIpc) is 2.05. The van der Waals surface area contributed by atoms with E-state index in [0.29, 0.717) is 0 Å². The first-order chi connectivity index (χ1) is 5.26. The summed E-state index contributed by atoms with van der Waals surface area (Å²) in [4.78, 5) is 14.6. The lowest BCUT2D eigenvalue weighted by Gasteiger charge is -1.87. The van der Waals surface area contributed by atoms with E-state index in [1.54, 1.807) is 0 Å². The van der Waals surface area contributed by atoms with Crippen LogP contribution in [-0.4, -0.2) is 12.0 Å². The quantitative estimate of drug-likeness (QED) is 0.338. The van der Waals surface area contributed by atoms with Crippen molar-refractivity contribution >= 4 is 12.0 Å². The number of carbonyl (C=O) groups excluding carboxylic acids is 1. The van der Waals surface area contributed by atoms with Gasteiger partial charge < -0.3 is 0 Å². The molecule has 0 amide bonds. The molecule has 11 heavy (non-hydrogen) atoms. The molecule has 0 aromatic rings. The maximum absolute atomic E-state index is 10.8. The van der Waals surface area contributed by atoms with Gasteiger partial charge in [-0.25, -0.2) is 4.99 Å². The summed E-state index contributed by atoms with van der Waals surface area (Å²) in [5, 5.41) is 0. The van der Waals surface area contributed by atoms with Crippen molar-refractivity contribution in [2.75, 3.05) is 0 Å². The summed E-state index contributed by atoms with van der Waals surface area (Å²) in [6.07, 6.45) is 4.02. The van der Waals surface area contributed by atoms with E-state index in [4.69, 9.17) is 0 Å². The van der Waals surface area contributed by atoms with Crippen LogP contribution in [0.1, 0.15) is 0 Å². The largest absolute Gasteiger partial charge is 0.287 e. The van der Waals surface area contributed by atoms with E-state index in [0.717, 1.165) is 6.08 Å². The summed E-state index contributed by atoms with van der Waals surface area (Å²) >= 11 is 0. The molecule has 0 aliphatic rings. The van der Waals surface area contributed by atoms with Crippen LogP contribution in [0.2, 0.25) is 0 Å². The summed E-state index contributed by atoms with van der Waals surface area (Å²) in [6, 6.07) is 0. The highest BCUT2D eigenvalue weighted by atomic mass is 16.1. The Hall–Kier alpha value is -1.66. The highest BCUT2D eigenvalue weighted by Gasteiger charge is 1.98. The van der Waals surface area contributed by atoms with E-state index < -0.39 is 0 Å². The molecule has 0 saturated heterocycles.